The first-order valence-electron chi connectivity index (χ1n) is 9.67. The monoisotopic (exact) mass is 575 g/mol. The molecule has 1 heterocycles. The number of rotatable bonds is 7. The second-order valence-electron chi connectivity index (χ2n) is 7.21. The van der Waals surface area contributed by atoms with Crippen LogP contribution in [0.5, 0.6) is 0 Å². The van der Waals surface area contributed by atoms with Gasteiger partial charge in [-0.15, -0.1) is 0 Å². The maximum atomic E-state index is 13.7. The van der Waals surface area contributed by atoms with Gasteiger partial charge in [0, 0.05) is 38.4 Å². The molecule has 0 amide bonds. The first-order chi connectivity index (χ1) is 15.5. The van der Waals surface area contributed by atoms with Crippen molar-refractivity contribution in [2.24, 2.45) is 0 Å². The summed E-state index contributed by atoms with van der Waals surface area (Å²) in [5, 5.41) is 0.766. The van der Waals surface area contributed by atoms with E-state index in [1.165, 1.54) is 30.5 Å². The van der Waals surface area contributed by atoms with E-state index in [9.17, 15) is 18.0 Å². The maximum Gasteiger partial charge on any atom is 0.399 e. The average molecular weight is 578 g/mol. The van der Waals surface area contributed by atoms with E-state index in [-0.39, 0.29) is 27.8 Å². The Morgan fingerprint density at radius 3 is 2.27 bits per heavy atom. The van der Waals surface area contributed by atoms with Crippen LogP contribution in [0.3, 0.4) is 0 Å². The number of benzene rings is 2. The summed E-state index contributed by atoms with van der Waals surface area (Å²) in [6.07, 6.45) is 0.0477. The molecular formula is C24H16BrCl3F3NO. The smallest absolute Gasteiger partial charge is 0.294 e. The van der Waals surface area contributed by atoms with Gasteiger partial charge in [0.1, 0.15) is 0 Å². The summed E-state index contributed by atoms with van der Waals surface area (Å²) >= 11 is 20.9. The number of carbonyl (C=O) groups excluding carboxylic acids is 1. The molecule has 0 N–H and O–H groups in total. The molecule has 1 atom stereocenters. The second kappa shape index (κ2) is 11.0. The summed E-state index contributed by atoms with van der Waals surface area (Å²) in [6, 6.07) is 12.1. The first kappa shape index (κ1) is 25.8. The minimum atomic E-state index is -4.53. The lowest BCUT2D eigenvalue weighted by Crippen LogP contribution is -2.18. The third kappa shape index (κ3) is 7.31. The van der Waals surface area contributed by atoms with Crippen molar-refractivity contribution in [1.82, 2.24) is 4.98 Å². The van der Waals surface area contributed by atoms with E-state index in [1.807, 2.05) is 0 Å². The normalized spacial score (nSPS) is 12.8. The number of halogens is 7. The fourth-order valence-corrected chi connectivity index (χ4v) is 4.44. The van der Waals surface area contributed by atoms with E-state index in [1.54, 1.807) is 30.3 Å². The van der Waals surface area contributed by atoms with Crippen molar-refractivity contribution in [2.45, 2.75) is 24.9 Å². The van der Waals surface area contributed by atoms with Gasteiger partial charge in [-0.2, -0.15) is 13.2 Å². The van der Waals surface area contributed by atoms with Crippen LogP contribution in [-0.4, -0.2) is 16.9 Å². The van der Waals surface area contributed by atoms with Crippen molar-refractivity contribution in [1.29, 1.82) is 0 Å². The Balaban J connectivity index is 1.76. The van der Waals surface area contributed by atoms with Crippen molar-refractivity contribution in [3.63, 3.8) is 0 Å². The third-order valence-corrected chi connectivity index (χ3v) is 6.08. The molecule has 1 unspecified atom stereocenters. The van der Waals surface area contributed by atoms with E-state index < -0.39 is 12.1 Å². The highest BCUT2D eigenvalue weighted by Crippen LogP contribution is 2.38. The summed E-state index contributed by atoms with van der Waals surface area (Å²) in [4.78, 5) is 16.8. The summed E-state index contributed by atoms with van der Waals surface area (Å²) in [5.41, 5.74) is 1.62. The number of Topliss-reactive ketones (excluding diaryl/α,β-unsaturated/α-hetero) is 1. The van der Waals surface area contributed by atoms with E-state index in [4.69, 9.17) is 34.8 Å². The molecule has 1 aromatic heterocycles. The van der Waals surface area contributed by atoms with Gasteiger partial charge in [-0.1, -0.05) is 69.0 Å². The van der Waals surface area contributed by atoms with E-state index in [0.717, 1.165) is 11.8 Å². The Labute approximate surface area is 212 Å². The molecule has 0 bridgehead atoms. The van der Waals surface area contributed by atoms with Crippen LogP contribution in [0.15, 0.2) is 65.3 Å². The Morgan fingerprint density at radius 2 is 1.70 bits per heavy atom. The van der Waals surface area contributed by atoms with Crippen LogP contribution in [0.25, 0.3) is 6.08 Å². The van der Waals surface area contributed by atoms with Gasteiger partial charge in [0.15, 0.2) is 5.78 Å². The lowest BCUT2D eigenvalue weighted by molar-refractivity contribution is -0.139. The topological polar surface area (TPSA) is 30.0 Å². The van der Waals surface area contributed by atoms with Gasteiger partial charge < -0.3 is 0 Å². The number of nitrogens with zero attached hydrogens (tertiary/aromatic N) is 1. The fourth-order valence-electron chi connectivity index (χ4n) is 3.16. The highest BCUT2D eigenvalue weighted by atomic mass is 79.9. The highest BCUT2D eigenvalue weighted by Gasteiger charge is 2.39. The summed E-state index contributed by atoms with van der Waals surface area (Å²) in [7, 11) is 0. The van der Waals surface area contributed by atoms with Crippen molar-refractivity contribution < 1.29 is 18.0 Å². The summed E-state index contributed by atoms with van der Waals surface area (Å²) in [5.74, 6) is -2.00. The zero-order valence-electron chi connectivity index (χ0n) is 16.8. The molecule has 172 valence electrons. The molecule has 3 aromatic rings. The van der Waals surface area contributed by atoms with Crippen LogP contribution in [0.1, 0.15) is 39.5 Å². The number of hydrogen-bond acceptors (Lipinski definition) is 2. The number of hydrogen-bond donors (Lipinski definition) is 0. The second-order valence-corrected chi connectivity index (χ2v) is 9.38. The minimum absolute atomic E-state index is 0.0575. The molecule has 0 aliphatic heterocycles. The van der Waals surface area contributed by atoms with Crippen LogP contribution in [0.2, 0.25) is 15.1 Å². The summed E-state index contributed by atoms with van der Waals surface area (Å²) < 4.78 is 41.5. The minimum Gasteiger partial charge on any atom is -0.294 e. The van der Waals surface area contributed by atoms with Crippen LogP contribution in [0.4, 0.5) is 13.2 Å². The molecule has 0 fully saturated rings. The molecule has 33 heavy (non-hydrogen) atoms. The van der Waals surface area contributed by atoms with Crippen molar-refractivity contribution in [3.8, 4) is 0 Å². The van der Waals surface area contributed by atoms with Gasteiger partial charge in [0.2, 0.25) is 0 Å². The standard InChI is InChI=1S/C24H16BrCl3F3NO/c25-22-9-14(1-6-20(22)23(33)8-5-19-4-3-16(26)13-32-19)2-7-21(24(29,30)31)15-10-17(27)12-18(28)11-15/h1-4,6-7,9-13,21H,5,8H2/b7-2+. The average Bonchev–Trinajstić information content (AvgIpc) is 2.71. The molecule has 2 aromatic carbocycles. The number of ketones is 1. The molecule has 0 saturated carbocycles. The SMILES string of the molecule is O=C(CCc1ccc(Cl)cn1)c1ccc(/C=C/C(c2cc(Cl)cc(Cl)c2)C(F)(F)F)cc1Br. The van der Waals surface area contributed by atoms with Crippen molar-refractivity contribution >= 4 is 62.6 Å². The van der Waals surface area contributed by atoms with Crippen molar-refractivity contribution in [3.05, 3.63) is 103 Å². The largest absolute Gasteiger partial charge is 0.399 e. The lowest BCUT2D eigenvalue weighted by Gasteiger charge is -2.18. The maximum absolute atomic E-state index is 13.7. The van der Waals surface area contributed by atoms with Gasteiger partial charge >= 0.3 is 6.18 Å². The third-order valence-electron chi connectivity index (χ3n) is 4.77. The predicted octanol–water partition coefficient (Wildman–Crippen LogP) is 8.98. The Morgan fingerprint density at radius 1 is 1.00 bits per heavy atom. The molecule has 0 aliphatic rings. The van der Waals surface area contributed by atoms with Crippen LogP contribution in [0, 0.1) is 0 Å². The predicted molar refractivity (Wildman–Crippen MR) is 130 cm³/mol. The van der Waals surface area contributed by atoms with E-state index in [0.29, 0.717) is 27.0 Å². The Bertz CT molecular complexity index is 1160. The van der Waals surface area contributed by atoms with Gasteiger partial charge in [-0.3, -0.25) is 9.78 Å². The molecule has 9 heteroatoms. The number of aryl methyl sites for hydroxylation is 1. The van der Waals surface area contributed by atoms with Gasteiger partial charge in [-0.25, -0.2) is 0 Å². The summed E-state index contributed by atoms with van der Waals surface area (Å²) in [6.45, 7) is 0. The number of aromatic nitrogens is 1. The van der Waals surface area contributed by atoms with Crippen molar-refractivity contribution in [2.75, 3.05) is 0 Å². The van der Waals surface area contributed by atoms with E-state index >= 15 is 0 Å². The number of alkyl halides is 3. The van der Waals surface area contributed by atoms with Crippen LogP contribution in [-0.2, 0) is 6.42 Å². The molecular weight excluding hydrogens is 562 g/mol. The molecule has 0 radical (unpaired) electrons. The zero-order chi connectivity index (χ0) is 24.2. The molecule has 0 spiro atoms. The lowest BCUT2D eigenvalue weighted by atomic mass is 9.96. The highest BCUT2D eigenvalue weighted by molar-refractivity contribution is 9.10. The van der Waals surface area contributed by atoms with Gasteiger partial charge in [-0.05, 0) is 60.0 Å². The quantitative estimate of drug-likeness (QED) is 0.262. The Hall–Kier alpha value is -1.86. The molecule has 0 saturated heterocycles. The van der Waals surface area contributed by atoms with E-state index in [2.05, 4.69) is 20.9 Å². The van der Waals surface area contributed by atoms with Gasteiger partial charge in [0.05, 0.1) is 10.9 Å². The van der Waals surface area contributed by atoms with Gasteiger partial charge in [0.25, 0.3) is 0 Å². The number of allylic oxidation sites excluding steroid dienone is 1. The van der Waals surface area contributed by atoms with Crippen LogP contribution >= 0.6 is 50.7 Å². The Kier molecular flexibility index (Phi) is 8.62. The first-order valence-corrected chi connectivity index (χ1v) is 11.6. The molecule has 0 aliphatic carbocycles. The molecule has 3 rings (SSSR count). The van der Waals surface area contributed by atoms with Crippen LogP contribution < -0.4 is 0 Å². The number of carbonyl (C=O) groups is 1. The molecule has 2 nitrogen and oxygen atoms in total. The zero-order valence-corrected chi connectivity index (χ0v) is 20.7. The number of pyridine rings is 1. The fraction of sp³-hybridized carbons (Fsp3) is 0.167.